The summed E-state index contributed by atoms with van der Waals surface area (Å²) in [5, 5.41) is 9.60. The molecule has 0 N–H and O–H groups in total. The number of carbonyl (C=O) groups excluding carboxylic acids is 1. The summed E-state index contributed by atoms with van der Waals surface area (Å²) in [5.41, 5.74) is 4.70. The smallest absolute Gasteiger partial charge is 0.196 e. The van der Waals surface area contributed by atoms with Gasteiger partial charge < -0.3 is 14.0 Å². The number of aryl methyl sites for hydroxylation is 1. The molecule has 5 rings (SSSR count). The van der Waals surface area contributed by atoms with Crippen LogP contribution in [0.15, 0.2) is 59.8 Å². The monoisotopic (exact) mass is 488 g/mol. The maximum Gasteiger partial charge on any atom is 0.196 e. The molecule has 1 saturated carbocycles. The number of para-hydroxylation sites is 1. The summed E-state index contributed by atoms with van der Waals surface area (Å²) in [6.45, 7) is 4.12. The first-order chi connectivity index (χ1) is 17.0. The number of benzene rings is 2. The van der Waals surface area contributed by atoms with E-state index in [9.17, 15) is 4.79 Å². The van der Waals surface area contributed by atoms with Gasteiger partial charge in [0.05, 0.1) is 31.2 Å². The normalized spacial score (nSPS) is 13.1. The topological polar surface area (TPSA) is 71.2 Å². The van der Waals surface area contributed by atoms with Crippen LogP contribution in [0.2, 0.25) is 0 Å². The molecule has 2 aromatic heterocycles. The molecule has 0 atom stereocenters. The predicted octanol–water partition coefficient (Wildman–Crippen LogP) is 5.68. The molecule has 2 heterocycles. The van der Waals surface area contributed by atoms with Gasteiger partial charge in [0.2, 0.25) is 0 Å². The summed E-state index contributed by atoms with van der Waals surface area (Å²) in [4.78, 5) is 13.2. The molecule has 0 spiro atoms. The van der Waals surface area contributed by atoms with Crippen molar-refractivity contribution in [2.75, 3.05) is 20.0 Å². The number of methoxy groups -OCH3 is 2. The molecule has 180 valence electrons. The first-order valence-electron chi connectivity index (χ1n) is 11.6. The standard InChI is InChI=1S/C27H28N4O3S/c1-17-15-23(18(2)30(17)19-9-10-19)24(32)16-35-27-29-28-26(22-7-5-6-8-25(22)34-4)31(27)20-11-13-21(33-3)14-12-20/h5-8,11-15,19H,9-10,16H2,1-4H3. The Morgan fingerprint density at radius 2 is 1.77 bits per heavy atom. The second-order valence-corrected chi connectivity index (χ2v) is 9.58. The van der Waals surface area contributed by atoms with Crippen LogP contribution in [0.5, 0.6) is 11.5 Å². The van der Waals surface area contributed by atoms with Gasteiger partial charge in [-0.3, -0.25) is 9.36 Å². The highest BCUT2D eigenvalue weighted by Crippen LogP contribution is 2.39. The predicted molar refractivity (Wildman–Crippen MR) is 137 cm³/mol. The molecule has 0 radical (unpaired) electrons. The van der Waals surface area contributed by atoms with Crippen LogP contribution in [-0.2, 0) is 0 Å². The van der Waals surface area contributed by atoms with Crippen LogP contribution >= 0.6 is 11.8 Å². The molecule has 2 aromatic carbocycles. The van der Waals surface area contributed by atoms with Crippen LogP contribution in [0, 0.1) is 13.8 Å². The van der Waals surface area contributed by atoms with Crippen LogP contribution in [0.1, 0.15) is 40.6 Å². The average Bonchev–Trinajstić information content (AvgIpc) is 3.55. The van der Waals surface area contributed by atoms with E-state index < -0.39 is 0 Å². The lowest BCUT2D eigenvalue weighted by Gasteiger charge is -2.13. The van der Waals surface area contributed by atoms with Gasteiger partial charge in [-0.1, -0.05) is 23.9 Å². The van der Waals surface area contributed by atoms with Crippen molar-refractivity contribution in [1.82, 2.24) is 19.3 Å². The minimum Gasteiger partial charge on any atom is -0.497 e. The average molecular weight is 489 g/mol. The van der Waals surface area contributed by atoms with Crippen LogP contribution in [-0.4, -0.2) is 45.1 Å². The number of ether oxygens (including phenoxy) is 2. The largest absolute Gasteiger partial charge is 0.497 e. The highest BCUT2D eigenvalue weighted by Gasteiger charge is 2.28. The van der Waals surface area contributed by atoms with E-state index in [0.717, 1.165) is 34.0 Å². The van der Waals surface area contributed by atoms with E-state index in [1.807, 2.05) is 66.1 Å². The van der Waals surface area contributed by atoms with Gasteiger partial charge in [0, 0.05) is 23.0 Å². The summed E-state index contributed by atoms with van der Waals surface area (Å²) in [5.74, 6) is 2.48. The third kappa shape index (κ3) is 4.46. The van der Waals surface area contributed by atoms with Crippen LogP contribution in [0.3, 0.4) is 0 Å². The fraction of sp³-hybridized carbons (Fsp3) is 0.296. The van der Waals surface area contributed by atoms with Gasteiger partial charge in [-0.25, -0.2) is 0 Å². The van der Waals surface area contributed by atoms with Crippen molar-refractivity contribution in [1.29, 1.82) is 0 Å². The molecule has 0 bridgehead atoms. The number of thioether (sulfide) groups is 1. The minimum atomic E-state index is 0.0955. The molecule has 0 saturated heterocycles. The van der Waals surface area contributed by atoms with Crippen molar-refractivity contribution in [2.45, 2.75) is 37.9 Å². The van der Waals surface area contributed by atoms with E-state index in [4.69, 9.17) is 9.47 Å². The second kappa shape index (κ2) is 9.62. The number of rotatable bonds is 9. The Balaban J connectivity index is 1.48. The van der Waals surface area contributed by atoms with Crippen molar-refractivity contribution in [3.05, 3.63) is 71.5 Å². The lowest BCUT2D eigenvalue weighted by atomic mass is 10.2. The van der Waals surface area contributed by atoms with Crippen LogP contribution < -0.4 is 9.47 Å². The van der Waals surface area contributed by atoms with E-state index in [1.54, 1.807) is 14.2 Å². The summed E-state index contributed by atoms with van der Waals surface area (Å²) in [6, 6.07) is 18.0. The second-order valence-electron chi connectivity index (χ2n) is 8.64. The molecule has 1 aliphatic rings. The quantitative estimate of drug-likeness (QED) is 0.223. The third-order valence-corrected chi connectivity index (χ3v) is 7.27. The number of carbonyl (C=O) groups is 1. The van der Waals surface area contributed by atoms with E-state index in [1.165, 1.54) is 24.6 Å². The summed E-state index contributed by atoms with van der Waals surface area (Å²) in [6.07, 6.45) is 2.38. The molecule has 1 aliphatic carbocycles. The fourth-order valence-corrected chi connectivity index (χ4v) is 5.33. The van der Waals surface area contributed by atoms with Crippen molar-refractivity contribution in [3.8, 4) is 28.6 Å². The molecule has 0 aliphatic heterocycles. The zero-order valence-electron chi connectivity index (χ0n) is 20.3. The lowest BCUT2D eigenvalue weighted by Crippen LogP contribution is -2.07. The minimum absolute atomic E-state index is 0.0955. The Hall–Kier alpha value is -3.52. The molecule has 0 unspecified atom stereocenters. The zero-order chi connectivity index (χ0) is 24.5. The van der Waals surface area contributed by atoms with Gasteiger partial charge in [-0.15, -0.1) is 10.2 Å². The lowest BCUT2D eigenvalue weighted by molar-refractivity contribution is 0.102. The summed E-state index contributed by atoms with van der Waals surface area (Å²) < 4.78 is 15.2. The molecule has 4 aromatic rings. The van der Waals surface area contributed by atoms with Gasteiger partial charge in [-0.2, -0.15) is 0 Å². The maximum absolute atomic E-state index is 13.2. The maximum atomic E-state index is 13.2. The first-order valence-corrected chi connectivity index (χ1v) is 12.6. The fourth-order valence-electron chi connectivity index (χ4n) is 4.49. The van der Waals surface area contributed by atoms with Crippen molar-refractivity contribution in [2.24, 2.45) is 0 Å². The molecule has 35 heavy (non-hydrogen) atoms. The number of hydrogen-bond acceptors (Lipinski definition) is 6. The van der Waals surface area contributed by atoms with Gasteiger partial charge in [0.1, 0.15) is 11.5 Å². The van der Waals surface area contributed by atoms with Crippen molar-refractivity contribution in [3.63, 3.8) is 0 Å². The highest BCUT2D eigenvalue weighted by atomic mass is 32.2. The Morgan fingerprint density at radius 3 is 2.46 bits per heavy atom. The molecular formula is C27H28N4O3S. The van der Waals surface area contributed by atoms with E-state index in [0.29, 0.717) is 22.8 Å². The number of Topliss-reactive ketones (excluding diaryl/α,β-unsaturated/α-hetero) is 1. The van der Waals surface area contributed by atoms with E-state index in [2.05, 4.69) is 21.7 Å². The van der Waals surface area contributed by atoms with Gasteiger partial charge in [0.25, 0.3) is 0 Å². The Bertz CT molecular complexity index is 1370. The number of hydrogen-bond donors (Lipinski definition) is 0. The van der Waals surface area contributed by atoms with E-state index >= 15 is 0 Å². The van der Waals surface area contributed by atoms with Crippen molar-refractivity contribution < 1.29 is 14.3 Å². The van der Waals surface area contributed by atoms with Crippen LogP contribution in [0.4, 0.5) is 0 Å². The number of aromatic nitrogens is 4. The molecule has 1 fully saturated rings. The Kier molecular flexibility index (Phi) is 6.38. The number of ketones is 1. The highest BCUT2D eigenvalue weighted by molar-refractivity contribution is 7.99. The summed E-state index contributed by atoms with van der Waals surface area (Å²) in [7, 11) is 3.28. The van der Waals surface area contributed by atoms with Crippen LogP contribution in [0.25, 0.3) is 17.1 Å². The molecule has 7 nitrogen and oxygen atoms in total. The molecular weight excluding hydrogens is 460 g/mol. The molecule has 0 amide bonds. The van der Waals surface area contributed by atoms with Crippen molar-refractivity contribution >= 4 is 17.5 Å². The van der Waals surface area contributed by atoms with E-state index in [-0.39, 0.29) is 11.5 Å². The van der Waals surface area contributed by atoms with Gasteiger partial charge in [-0.05, 0) is 69.2 Å². The number of nitrogens with zero attached hydrogens (tertiary/aromatic N) is 4. The first kappa shape index (κ1) is 23.2. The van der Waals surface area contributed by atoms with Gasteiger partial charge in [0.15, 0.2) is 16.8 Å². The third-order valence-electron chi connectivity index (χ3n) is 6.34. The van der Waals surface area contributed by atoms with Gasteiger partial charge >= 0.3 is 0 Å². The Morgan fingerprint density at radius 1 is 1.03 bits per heavy atom. The Labute approximate surface area is 209 Å². The zero-order valence-corrected chi connectivity index (χ0v) is 21.1. The SMILES string of the molecule is COc1ccc(-n2c(SCC(=O)c3cc(C)n(C4CC4)c3C)nnc2-c2ccccc2OC)cc1. The molecule has 8 heteroatoms. The summed E-state index contributed by atoms with van der Waals surface area (Å²) >= 11 is 1.39.